The molecule has 2 saturated heterocycles. The lowest BCUT2D eigenvalue weighted by atomic mass is 9.82. The summed E-state index contributed by atoms with van der Waals surface area (Å²) in [5.74, 6) is -0.596. The van der Waals surface area contributed by atoms with Gasteiger partial charge in [-0.15, -0.1) is 0 Å². The Bertz CT molecular complexity index is 1690. The summed E-state index contributed by atoms with van der Waals surface area (Å²) in [6, 6.07) is 21.9. The number of carbonyl (C=O) groups is 3. The van der Waals surface area contributed by atoms with Crippen molar-refractivity contribution in [1.29, 1.82) is 0 Å². The van der Waals surface area contributed by atoms with E-state index >= 15 is 0 Å². The van der Waals surface area contributed by atoms with Crippen molar-refractivity contribution in [1.82, 2.24) is 4.90 Å². The van der Waals surface area contributed by atoms with Crippen LogP contribution in [0.3, 0.4) is 0 Å². The number of nitrogens with zero attached hydrogens (tertiary/aromatic N) is 3. The maximum atomic E-state index is 14.9. The summed E-state index contributed by atoms with van der Waals surface area (Å²) in [5, 5.41) is 9.89. The van der Waals surface area contributed by atoms with Crippen LogP contribution < -0.4 is 14.5 Å². The van der Waals surface area contributed by atoms with E-state index < -0.39 is 31.5 Å². The van der Waals surface area contributed by atoms with Crippen molar-refractivity contribution in [2.45, 2.75) is 62.6 Å². The van der Waals surface area contributed by atoms with Crippen LogP contribution in [0.5, 0.6) is 5.75 Å². The highest BCUT2D eigenvalue weighted by molar-refractivity contribution is 6.71. The number of hydrogen-bond acceptors (Lipinski definition) is 7. The number of fused-ring (bicyclic) bond motifs is 3. The van der Waals surface area contributed by atoms with Crippen molar-refractivity contribution in [3.63, 3.8) is 0 Å². The number of hydrogen-bond donors (Lipinski definition) is 2. The summed E-state index contributed by atoms with van der Waals surface area (Å²) < 4.78 is 12.6. The number of aliphatic hydroxyl groups excluding tert-OH is 1. The smallest absolute Gasteiger partial charge is 0.269 e. The van der Waals surface area contributed by atoms with E-state index in [0.717, 1.165) is 12.8 Å². The van der Waals surface area contributed by atoms with Gasteiger partial charge >= 0.3 is 0 Å². The molecule has 10 nitrogen and oxygen atoms in total. The predicted molar refractivity (Wildman–Crippen MR) is 175 cm³/mol. The van der Waals surface area contributed by atoms with Crippen LogP contribution in [-0.4, -0.2) is 72.7 Å². The highest BCUT2D eigenvalue weighted by Crippen LogP contribution is 2.61. The van der Waals surface area contributed by atoms with Gasteiger partial charge in [0.05, 0.1) is 36.5 Å². The van der Waals surface area contributed by atoms with Crippen LogP contribution in [-0.2, 0) is 24.7 Å². The van der Waals surface area contributed by atoms with Gasteiger partial charge in [-0.1, -0.05) is 37.3 Å². The molecular formula is C35H39N3O7Si. The number of rotatable bonds is 6. The van der Waals surface area contributed by atoms with Gasteiger partial charge in [-0.25, -0.2) is 0 Å². The Kier molecular flexibility index (Phi) is 7.55. The van der Waals surface area contributed by atoms with Crippen molar-refractivity contribution in [3.05, 3.63) is 78.4 Å². The van der Waals surface area contributed by atoms with Gasteiger partial charge in [0.25, 0.3) is 11.8 Å². The fourth-order valence-corrected chi connectivity index (χ4v) is 10.7. The number of carbonyl (C=O) groups excluding carboxylic acids is 3. The largest absolute Gasteiger partial charge is 0.482 e. The molecule has 46 heavy (non-hydrogen) atoms. The monoisotopic (exact) mass is 641 g/mol. The van der Waals surface area contributed by atoms with E-state index in [1.807, 2.05) is 92.8 Å². The minimum Gasteiger partial charge on any atom is -0.482 e. The molecule has 0 saturated carbocycles. The van der Waals surface area contributed by atoms with Gasteiger partial charge < -0.3 is 24.3 Å². The molecular weight excluding hydrogens is 602 g/mol. The fraction of sp³-hybridized carbons (Fsp3) is 0.400. The van der Waals surface area contributed by atoms with Crippen LogP contribution in [0.4, 0.5) is 22.7 Å². The molecule has 4 heterocycles. The van der Waals surface area contributed by atoms with E-state index in [9.17, 15) is 24.3 Å². The topological polar surface area (TPSA) is 120 Å². The van der Waals surface area contributed by atoms with Crippen LogP contribution in [0.1, 0.15) is 31.7 Å². The molecule has 1 spiro atoms. The number of anilines is 4. The number of likely N-dealkylation sites (tertiary alicyclic amines) is 1. The number of aliphatic hydroxyl groups is 1. The molecule has 4 aliphatic heterocycles. The van der Waals surface area contributed by atoms with E-state index in [1.165, 1.54) is 0 Å². The maximum Gasteiger partial charge on any atom is 0.269 e. The van der Waals surface area contributed by atoms with E-state index in [-0.39, 0.29) is 43.4 Å². The van der Waals surface area contributed by atoms with Crippen LogP contribution in [0.2, 0.25) is 18.6 Å². The van der Waals surface area contributed by atoms with Crippen molar-refractivity contribution in [2.75, 3.05) is 29.6 Å². The van der Waals surface area contributed by atoms with Gasteiger partial charge in [0.1, 0.15) is 5.75 Å². The van der Waals surface area contributed by atoms with Gasteiger partial charge in [-0.3, -0.25) is 24.2 Å². The number of ether oxygens (including phenoxy) is 2. The predicted octanol–water partition coefficient (Wildman–Crippen LogP) is 4.59. The summed E-state index contributed by atoms with van der Waals surface area (Å²) in [6.45, 7) is 5.92. The summed E-state index contributed by atoms with van der Waals surface area (Å²) in [4.78, 5) is 58.6. The molecule has 7 rings (SSSR count). The van der Waals surface area contributed by atoms with Crippen LogP contribution >= 0.6 is 0 Å². The molecule has 5 atom stereocenters. The van der Waals surface area contributed by atoms with Crippen molar-refractivity contribution < 1.29 is 33.8 Å². The molecule has 0 bridgehead atoms. The van der Waals surface area contributed by atoms with Crippen molar-refractivity contribution >= 4 is 48.8 Å². The van der Waals surface area contributed by atoms with Crippen LogP contribution in [0.25, 0.3) is 0 Å². The minimum absolute atomic E-state index is 0.00673. The Labute approximate surface area is 269 Å². The molecule has 3 amide bonds. The lowest BCUT2D eigenvalue weighted by Crippen LogP contribution is -2.45. The van der Waals surface area contributed by atoms with Gasteiger partial charge in [-0.2, -0.15) is 0 Å². The first-order valence-corrected chi connectivity index (χ1v) is 19.0. The molecule has 11 heteroatoms. The second-order valence-electron chi connectivity index (χ2n) is 13.3. The Morgan fingerprint density at radius 1 is 0.978 bits per heavy atom. The maximum absolute atomic E-state index is 14.9. The Hall–Kier alpha value is -4.03. The zero-order valence-electron chi connectivity index (χ0n) is 26.3. The van der Waals surface area contributed by atoms with Crippen LogP contribution in [0, 0.1) is 5.92 Å². The molecule has 2 fully saturated rings. The van der Waals surface area contributed by atoms with Crippen molar-refractivity contribution in [3.8, 4) is 5.75 Å². The number of benzene rings is 3. The van der Waals surface area contributed by atoms with E-state index in [1.54, 1.807) is 14.7 Å². The van der Waals surface area contributed by atoms with E-state index in [0.29, 0.717) is 40.6 Å². The Morgan fingerprint density at radius 2 is 1.72 bits per heavy atom. The highest BCUT2D eigenvalue weighted by atomic mass is 28.4. The summed E-state index contributed by atoms with van der Waals surface area (Å²) >= 11 is 0. The van der Waals surface area contributed by atoms with E-state index in [2.05, 4.69) is 0 Å². The summed E-state index contributed by atoms with van der Waals surface area (Å²) in [6.07, 6.45) is 0.821. The number of amides is 3. The molecule has 240 valence electrons. The lowest BCUT2D eigenvalue weighted by molar-refractivity contribution is -0.149. The second kappa shape index (κ2) is 11.3. The first-order valence-electron chi connectivity index (χ1n) is 16.0. The zero-order chi connectivity index (χ0) is 32.4. The first-order chi connectivity index (χ1) is 22.1. The molecule has 0 radical (unpaired) electrons. The molecule has 0 aliphatic carbocycles. The first kappa shape index (κ1) is 30.6. The lowest BCUT2D eigenvalue weighted by Gasteiger charge is -2.33. The normalized spacial score (nSPS) is 27.3. The molecule has 0 unspecified atom stereocenters. The van der Waals surface area contributed by atoms with Crippen LogP contribution in [0.15, 0.2) is 72.8 Å². The Balaban J connectivity index is 1.36. The number of para-hydroxylation sites is 3. The summed E-state index contributed by atoms with van der Waals surface area (Å²) in [7, 11) is -3.03. The van der Waals surface area contributed by atoms with Gasteiger partial charge in [0.15, 0.2) is 20.5 Å². The zero-order valence-corrected chi connectivity index (χ0v) is 27.3. The SMILES string of the molecule is C[C@H]1[C@H]([Si](C)(C)O)[C@@H](CC(=O)N2CCC[C@H]2CO)O[C@]12C(=O)N(c1ccccc1)c1ccc(N3C(=O)COc4ccccc43)cc12. The Morgan fingerprint density at radius 3 is 2.46 bits per heavy atom. The van der Waals surface area contributed by atoms with E-state index in [4.69, 9.17) is 9.47 Å². The highest BCUT2D eigenvalue weighted by Gasteiger charge is 2.67. The average molecular weight is 642 g/mol. The molecule has 4 aliphatic rings. The summed E-state index contributed by atoms with van der Waals surface area (Å²) in [5.41, 5.74) is 1.10. The third kappa shape index (κ3) is 4.67. The standard InChI is InChI=1S/C35H39N3O7Si/c1-22-33(46(2,3)43)30(19-31(40)36-17-9-12-25(36)20-39)45-35(22)26-18-24(37-28-13-7-8-14-29(28)44-21-32(37)41)15-16-27(26)38(34(35)42)23-10-5-4-6-11-23/h4-8,10-11,13-16,18,22,25,30,33,39,43H,9,12,17,19-21H2,1-3H3/t22-,25-,30+,33-,35+/m0/s1. The van der Waals surface area contributed by atoms with Crippen molar-refractivity contribution in [2.24, 2.45) is 5.92 Å². The quantitative estimate of drug-likeness (QED) is 0.378. The van der Waals surface area contributed by atoms with Gasteiger partial charge in [0.2, 0.25) is 5.91 Å². The van der Waals surface area contributed by atoms with Gasteiger partial charge in [-0.05, 0) is 68.4 Å². The fourth-order valence-electron chi connectivity index (χ4n) is 8.19. The third-order valence-corrected chi connectivity index (χ3v) is 12.6. The molecule has 3 aromatic rings. The van der Waals surface area contributed by atoms with Gasteiger partial charge in [0, 0.05) is 34.9 Å². The minimum atomic E-state index is -3.03. The molecule has 2 N–H and O–H groups in total. The average Bonchev–Trinajstić information content (AvgIpc) is 3.70. The molecule has 0 aromatic heterocycles. The second-order valence-corrected chi connectivity index (χ2v) is 17.3. The molecule has 3 aromatic carbocycles. The third-order valence-electron chi connectivity index (χ3n) is 10.1.